The van der Waals surface area contributed by atoms with E-state index in [1.807, 2.05) is 37.2 Å². The first-order chi connectivity index (χ1) is 10.6. The summed E-state index contributed by atoms with van der Waals surface area (Å²) >= 11 is 0. The summed E-state index contributed by atoms with van der Waals surface area (Å²) in [5.41, 5.74) is 1.17. The van der Waals surface area contributed by atoms with Gasteiger partial charge in [-0.3, -0.25) is 9.67 Å². The van der Waals surface area contributed by atoms with E-state index in [0.29, 0.717) is 6.54 Å². The maximum atomic E-state index is 4.73. The average molecular weight is 304 g/mol. The molecule has 0 saturated heterocycles. The van der Waals surface area contributed by atoms with E-state index in [9.17, 15) is 0 Å². The number of nitrogens with one attached hydrogen (secondary N) is 1. The first-order valence-electron chi connectivity index (χ1n) is 7.88. The van der Waals surface area contributed by atoms with Crippen molar-refractivity contribution in [3.63, 3.8) is 0 Å². The minimum absolute atomic E-state index is 0.717. The molecule has 0 aromatic carbocycles. The van der Waals surface area contributed by atoms with E-state index in [-0.39, 0.29) is 0 Å². The second kappa shape index (κ2) is 7.98. The van der Waals surface area contributed by atoms with E-state index in [0.717, 1.165) is 31.6 Å². The van der Waals surface area contributed by atoms with E-state index >= 15 is 0 Å². The van der Waals surface area contributed by atoms with Crippen molar-refractivity contribution in [1.82, 2.24) is 24.9 Å². The van der Waals surface area contributed by atoms with Crippen molar-refractivity contribution < 1.29 is 0 Å². The lowest BCUT2D eigenvalue weighted by molar-refractivity contribution is 0.333. The summed E-state index contributed by atoms with van der Waals surface area (Å²) < 4.78 is 1.82. The van der Waals surface area contributed by atoms with Gasteiger partial charge >= 0.3 is 0 Å². The van der Waals surface area contributed by atoms with Crippen LogP contribution in [0.25, 0.3) is 0 Å². The van der Waals surface area contributed by atoms with Crippen LogP contribution in [-0.4, -0.2) is 65.3 Å². The van der Waals surface area contributed by atoms with Gasteiger partial charge in [0.25, 0.3) is 0 Å². The molecular formula is C16H28N6. The summed E-state index contributed by atoms with van der Waals surface area (Å²) in [6.45, 7) is 7.08. The fraction of sp³-hybridized carbons (Fsp3) is 0.625. The van der Waals surface area contributed by atoms with Gasteiger partial charge in [-0.1, -0.05) is 6.08 Å². The van der Waals surface area contributed by atoms with E-state index in [1.165, 1.54) is 18.4 Å². The number of aliphatic imine (C=N–C) groups is 1. The van der Waals surface area contributed by atoms with Gasteiger partial charge in [0.1, 0.15) is 0 Å². The Labute approximate surface area is 133 Å². The molecule has 0 atom stereocenters. The Hall–Kier alpha value is -1.82. The SMILES string of the molecule is C=CCNC(=NCCN(C)C1CC1)N(C)Cc1cnn(C)c1. The van der Waals surface area contributed by atoms with Crippen molar-refractivity contribution in [3.8, 4) is 0 Å². The van der Waals surface area contributed by atoms with Gasteiger partial charge in [-0.2, -0.15) is 5.10 Å². The highest BCUT2D eigenvalue weighted by molar-refractivity contribution is 5.79. The summed E-state index contributed by atoms with van der Waals surface area (Å²) in [6.07, 6.45) is 8.44. The van der Waals surface area contributed by atoms with Crippen molar-refractivity contribution in [2.45, 2.75) is 25.4 Å². The van der Waals surface area contributed by atoms with Gasteiger partial charge in [0, 0.05) is 51.5 Å². The Kier molecular flexibility index (Phi) is 6.00. The van der Waals surface area contributed by atoms with Gasteiger partial charge in [-0.05, 0) is 19.9 Å². The fourth-order valence-electron chi connectivity index (χ4n) is 2.39. The van der Waals surface area contributed by atoms with E-state index < -0.39 is 0 Å². The van der Waals surface area contributed by atoms with Crippen LogP contribution in [-0.2, 0) is 13.6 Å². The Morgan fingerprint density at radius 1 is 1.55 bits per heavy atom. The average Bonchev–Trinajstić information content (AvgIpc) is 3.26. The Morgan fingerprint density at radius 3 is 2.91 bits per heavy atom. The van der Waals surface area contributed by atoms with Crippen LogP contribution in [0.2, 0.25) is 0 Å². The van der Waals surface area contributed by atoms with Crippen LogP contribution in [0.4, 0.5) is 0 Å². The van der Waals surface area contributed by atoms with Crippen LogP contribution in [0.1, 0.15) is 18.4 Å². The minimum atomic E-state index is 0.717. The second-order valence-corrected chi connectivity index (χ2v) is 5.97. The predicted molar refractivity (Wildman–Crippen MR) is 90.8 cm³/mol. The predicted octanol–water partition coefficient (Wildman–Crippen LogP) is 1.08. The quantitative estimate of drug-likeness (QED) is 0.443. The molecule has 22 heavy (non-hydrogen) atoms. The Morgan fingerprint density at radius 2 is 2.32 bits per heavy atom. The number of hydrogen-bond donors (Lipinski definition) is 1. The molecule has 0 aliphatic heterocycles. The summed E-state index contributed by atoms with van der Waals surface area (Å²) in [5.74, 6) is 0.910. The van der Waals surface area contributed by atoms with Gasteiger partial charge in [0.2, 0.25) is 0 Å². The highest BCUT2D eigenvalue weighted by atomic mass is 15.3. The smallest absolute Gasteiger partial charge is 0.194 e. The van der Waals surface area contributed by atoms with E-state index in [2.05, 4.69) is 33.8 Å². The van der Waals surface area contributed by atoms with Gasteiger partial charge < -0.3 is 15.1 Å². The first-order valence-corrected chi connectivity index (χ1v) is 7.88. The number of likely N-dealkylation sites (N-methyl/N-ethyl adjacent to an activating group) is 1. The Balaban J connectivity index is 1.89. The van der Waals surface area contributed by atoms with Gasteiger partial charge in [0.15, 0.2) is 5.96 Å². The molecule has 6 heteroatoms. The highest BCUT2D eigenvalue weighted by Gasteiger charge is 2.25. The minimum Gasteiger partial charge on any atom is -0.353 e. The molecular weight excluding hydrogens is 276 g/mol. The molecule has 0 spiro atoms. The third-order valence-electron chi connectivity index (χ3n) is 3.83. The molecule has 0 amide bonds. The largest absolute Gasteiger partial charge is 0.353 e. The molecule has 1 heterocycles. The fourth-order valence-corrected chi connectivity index (χ4v) is 2.39. The third-order valence-corrected chi connectivity index (χ3v) is 3.83. The topological polar surface area (TPSA) is 48.7 Å². The highest BCUT2D eigenvalue weighted by Crippen LogP contribution is 2.24. The number of guanidine groups is 1. The molecule has 2 rings (SSSR count). The molecule has 1 N–H and O–H groups in total. The Bertz CT molecular complexity index is 502. The molecule has 1 aromatic heterocycles. The van der Waals surface area contributed by atoms with Crippen molar-refractivity contribution >= 4 is 5.96 Å². The lowest BCUT2D eigenvalue weighted by Crippen LogP contribution is -2.39. The molecule has 1 aliphatic rings. The molecule has 6 nitrogen and oxygen atoms in total. The summed E-state index contributed by atoms with van der Waals surface area (Å²) in [4.78, 5) is 9.25. The lowest BCUT2D eigenvalue weighted by atomic mass is 10.3. The normalized spacial score (nSPS) is 15.2. The van der Waals surface area contributed by atoms with E-state index in [4.69, 9.17) is 4.99 Å². The number of hydrogen-bond acceptors (Lipinski definition) is 3. The third kappa shape index (κ3) is 5.18. The number of aromatic nitrogens is 2. The van der Waals surface area contributed by atoms with Crippen LogP contribution < -0.4 is 5.32 Å². The van der Waals surface area contributed by atoms with Crippen LogP contribution in [0.5, 0.6) is 0 Å². The molecule has 0 unspecified atom stereocenters. The summed E-state index contributed by atoms with van der Waals surface area (Å²) in [5, 5.41) is 7.54. The van der Waals surface area contributed by atoms with Gasteiger partial charge in [-0.25, -0.2) is 0 Å². The number of rotatable bonds is 8. The molecule has 122 valence electrons. The summed E-state index contributed by atoms with van der Waals surface area (Å²) in [6, 6.07) is 0.785. The molecule has 1 aromatic rings. The van der Waals surface area contributed by atoms with Gasteiger partial charge in [0.05, 0.1) is 12.7 Å². The molecule has 0 bridgehead atoms. The van der Waals surface area contributed by atoms with Crippen molar-refractivity contribution in [1.29, 1.82) is 0 Å². The number of nitrogens with zero attached hydrogens (tertiary/aromatic N) is 5. The van der Waals surface area contributed by atoms with Crippen molar-refractivity contribution in [2.24, 2.45) is 12.0 Å². The van der Waals surface area contributed by atoms with Crippen LogP contribution in [0.15, 0.2) is 30.0 Å². The van der Waals surface area contributed by atoms with Gasteiger partial charge in [-0.15, -0.1) is 6.58 Å². The van der Waals surface area contributed by atoms with Crippen molar-refractivity contribution in [2.75, 3.05) is 33.7 Å². The summed E-state index contributed by atoms with van der Waals surface area (Å²) in [7, 11) is 6.16. The first kappa shape index (κ1) is 16.5. The monoisotopic (exact) mass is 304 g/mol. The zero-order valence-corrected chi connectivity index (χ0v) is 14.0. The van der Waals surface area contributed by atoms with Crippen LogP contribution in [0.3, 0.4) is 0 Å². The van der Waals surface area contributed by atoms with Crippen LogP contribution in [0, 0.1) is 0 Å². The molecule has 1 saturated carbocycles. The molecule has 0 radical (unpaired) electrons. The second-order valence-electron chi connectivity index (χ2n) is 5.97. The van der Waals surface area contributed by atoms with Crippen LogP contribution >= 0.6 is 0 Å². The standard InChI is InChI=1S/C16H28N6/c1-5-8-17-16(18-9-10-20(2)15-6-7-15)21(3)12-14-11-19-22(4)13-14/h5,11,13,15H,1,6-10,12H2,2-4H3,(H,17,18). The maximum Gasteiger partial charge on any atom is 0.194 e. The van der Waals surface area contributed by atoms with E-state index in [1.54, 1.807) is 0 Å². The van der Waals surface area contributed by atoms with Crippen molar-refractivity contribution in [3.05, 3.63) is 30.6 Å². The lowest BCUT2D eigenvalue weighted by Gasteiger charge is -2.22. The molecule has 1 fully saturated rings. The zero-order valence-electron chi connectivity index (χ0n) is 14.0. The maximum absolute atomic E-state index is 4.73. The zero-order chi connectivity index (χ0) is 15.9. The number of aryl methyl sites for hydroxylation is 1. The molecule has 1 aliphatic carbocycles.